The van der Waals surface area contributed by atoms with Gasteiger partial charge in [-0.3, -0.25) is 9.59 Å². The van der Waals surface area contributed by atoms with Gasteiger partial charge < -0.3 is 10.6 Å². The summed E-state index contributed by atoms with van der Waals surface area (Å²) in [5, 5.41) is 9.66. The van der Waals surface area contributed by atoms with Crippen molar-refractivity contribution in [2.75, 3.05) is 13.6 Å². The number of amides is 2. The second kappa shape index (κ2) is 8.69. The van der Waals surface area contributed by atoms with Crippen LogP contribution in [0.2, 0.25) is 0 Å². The Morgan fingerprint density at radius 1 is 1.00 bits per heavy atom. The number of hydrogen-bond donors (Lipinski definition) is 2. The van der Waals surface area contributed by atoms with Crippen molar-refractivity contribution in [3.63, 3.8) is 0 Å². The first-order chi connectivity index (χ1) is 13.6. The normalized spacial score (nSPS) is 9.93. The molecule has 3 rings (SSSR count). The van der Waals surface area contributed by atoms with Crippen LogP contribution in [0, 0.1) is 18.8 Å². The second-order valence-electron chi connectivity index (χ2n) is 6.00. The van der Waals surface area contributed by atoms with Crippen molar-refractivity contribution in [3.8, 4) is 17.5 Å². The van der Waals surface area contributed by atoms with Crippen LogP contribution in [0.3, 0.4) is 0 Å². The summed E-state index contributed by atoms with van der Waals surface area (Å²) in [6.45, 7) is 2.01. The van der Waals surface area contributed by atoms with E-state index < -0.39 is 0 Å². The molecule has 2 N–H and O–H groups in total. The number of benzene rings is 2. The summed E-state index contributed by atoms with van der Waals surface area (Å²) in [4.78, 5) is 24.3. The zero-order chi connectivity index (χ0) is 19.9. The lowest BCUT2D eigenvalue weighted by atomic mass is 10.1. The predicted molar refractivity (Wildman–Crippen MR) is 107 cm³/mol. The lowest BCUT2D eigenvalue weighted by Gasteiger charge is -2.05. The van der Waals surface area contributed by atoms with Crippen LogP contribution in [0.5, 0.6) is 0 Å². The Hall–Kier alpha value is -3.85. The highest BCUT2D eigenvalue weighted by molar-refractivity contribution is 5.96. The number of carbonyl (C=O) groups excluding carboxylic acids is 2. The highest BCUT2D eigenvalue weighted by Crippen LogP contribution is 2.13. The Bertz CT molecular complexity index is 1060. The average Bonchev–Trinajstić information content (AvgIpc) is 3.12. The van der Waals surface area contributed by atoms with E-state index >= 15 is 0 Å². The molecule has 0 saturated heterocycles. The molecule has 1 heterocycles. The molecule has 0 fully saturated rings. The van der Waals surface area contributed by atoms with E-state index in [1.54, 1.807) is 36.1 Å². The maximum atomic E-state index is 12.4. The molecule has 0 saturated carbocycles. The van der Waals surface area contributed by atoms with Gasteiger partial charge in [0, 0.05) is 12.6 Å². The SMILES string of the molecule is CNC(=O)c1ccccc1C#CCNC(=O)c1cnn(-c2ccccc2)c1C. The van der Waals surface area contributed by atoms with E-state index in [9.17, 15) is 9.59 Å². The van der Waals surface area contributed by atoms with Crippen LogP contribution < -0.4 is 10.6 Å². The quantitative estimate of drug-likeness (QED) is 0.690. The van der Waals surface area contributed by atoms with Gasteiger partial charge in [-0.1, -0.05) is 42.2 Å². The first kappa shape index (κ1) is 18.9. The Morgan fingerprint density at radius 2 is 1.71 bits per heavy atom. The fraction of sp³-hybridized carbons (Fsp3) is 0.136. The first-order valence-electron chi connectivity index (χ1n) is 8.80. The number of rotatable bonds is 4. The molecule has 3 aromatic rings. The monoisotopic (exact) mass is 372 g/mol. The topological polar surface area (TPSA) is 76.0 Å². The molecule has 6 heteroatoms. The molecule has 0 aliphatic heterocycles. The summed E-state index contributed by atoms with van der Waals surface area (Å²) in [7, 11) is 1.57. The van der Waals surface area contributed by atoms with Gasteiger partial charge in [0.05, 0.1) is 35.2 Å². The summed E-state index contributed by atoms with van der Waals surface area (Å²) in [6, 6.07) is 16.7. The Balaban J connectivity index is 1.68. The molecule has 2 aromatic carbocycles. The van der Waals surface area contributed by atoms with Crippen molar-refractivity contribution in [2.24, 2.45) is 0 Å². The van der Waals surface area contributed by atoms with E-state index in [4.69, 9.17) is 0 Å². The zero-order valence-electron chi connectivity index (χ0n) is 15.7. The molecular weight excluding hydrogens is 352 g/mol. The molecular formula is C22H20N4O2. The van der Waals surface area contributed by atoms with Gasteiger partial charge in [0.2, 0.25) is 0 Å². The fourth-order valence-electron chi connectivity index (χ4n) is 2.75. The molecule has 0 aliphatic carbocycles. The van der Waals surface area contributed by atoms with Crippen molar-refractivity contribution in [1.82, 2.24) is 20.4 Å². The lowest BCUT2D eigenvalue weighted by Crippen LogP contribution is -2.24. The van der Waals surface area contributed by atoms with E-state index in [-0.39, 0.29) is 18.4 Å². The summed E-state index contributed by atoms with van der Waals surface area (Å²) >= 11 is 0. The fourth-order valence-corrected chi connectivity index (χ4v) is 2.75. The van der Waals surface area contributed by atoms with E-state index in [2.05, 4.69) is 27.6 Å². The van der Waals surface area contributed by atoms with Gasteiger partial charge in [0.15, 0.2) is 0 Å². The van der Waals surface area contributed by atoms with Gasteiger partial charge in [0.1, 0.15) is 0 Å². The average molecular weight is 372 g/mol. The molecule has 0 spiro atoms. The van der Waals surface area contributed by atoms with Crippen molar-refractivity contribution in [1.29, 1.82) is 0 Å². The van der Waals surface area contributed by atoms with Crippen LogP contribution in [-0.2, 0) is 0 Å². The minimum atomic E-state index is -0.242. The molecule has 0 aliphatic rings. The predicted octanol–water partition coefficient (Wildman–Crippen LogP) is 2.32. The van der Waals surface area contributed by atoms with Crippen LogP contribution in [0.4, 0.5) is 0 Å². The zero-order valence-corrected chi connectivity index (χ0v) is 15.7. The lowest BCUT2D eigenvalue weighted by molar-refractivity contribution is 0.0951. The van der Waals surface area contributed by atoms with Crippen LogP contribution in [-0.4, -0.2) is 35.2 Å². The molecule has 6 nitrogen and oxygen atoms in total. The van der Waals surface area contributed by atoms with Gasteiger partial charge in [-0.15, -0.1) is 0 Å². The summed E-state index contributed by atoms with van der Waals surface area (Å²) < 4.78 is 1.72. The summed E-state index contributed by atoms with van der Waals surface area (Å²) in [5.74, 6) is 5.39. The van der Waals surface area contributed by atoms with Crippen LogP contribution in [0.15, 0.2) is 60.8 Å². The molecule has 140 valence electrons. The number of nitrogens with one attached hydrogen (secondary N) is 2. The maximum Gasteiger partial charge on any atom is 0.255 e. The third-order valence-electron chi connectivity index (χ3n) is 4.21. The van der Waals surface area contributed by atoms with E-state index in [1.807, 2.05) is 43.3 Å². The van der Waals surface area contributed by atoms with Crippen LogP contribution in [0.1, 0.15) is 32.0 Å². The van der Waals surface area contributed by atoms with Crippen molar-refractivity contribution in [2.45, 2.75) is 6.92 Å². The van der Waals surface area contributed by atoms with E-state index in [0.29, 0.717) is 16.7 Å². The number of carbonyl (C=O) groups is 2. The molecule has 1 aromatic heterocycles. The maximum absolute atomic E-state index is 12.4. The van der Waals surface area contributed by atoms with Crippen molar-refractivity contribution >= 4 is 11.8 Å². The van der Waals surface area contributed by atoms with Gasteiger partial charge in [-0.25, -0.2) is 4.68 Å². The second-order valence-corrected chi connectivity index (χ2v) is 6.00. The van der Waals surface area contributed by atoms with E-state index in [0.717, 1.165) is 11.4 Å². The molecule has 0 atom stereocenters. The minimum absolute atomic E-state index is 0.164. The molecule has 2 amide bonds. The number of para-hydroxylation sites is 1. The van der Waals surface area contributed by atoms with E-state index in [1.165, 1.54) is 0 Å². The molecule has 0 radical (unpaired) electrons. The van der Waals surface area contributed by atoms with Crippen LogP contribution >= 0.6 is 0 Å². The molecule has 0 bridgehead atoms. The third-order valence-corrected chi connectivity index (χ3v) is 4.21. The highest BCUT2D eigenvalue weighted by Gasteiger charge is 2.14. The van der Waals surface area contributed by atoms with Gasteiger partial charge in [0.25, 0.3) is 11.8 Å². The van der Waals surface area contributed by atoms with Gasteiger partial charge >= 0.3 is 0 Å². The Kier molecular flexibility index (Phi) is 5.87. The van der Waals surface area contributed by atoms with Crippen molar-refractivity contribution < 1.29 is 9.59 Å². The first-order valence-corrected chi connectivity index (χ1v) is 8.80. The van der Waals surface area contributed by atoms with Gasteiger partial charge in [-0.2, -0.15) is 5.10 Å². The summed E-state index contributed by atoms with van der Waals surface area (Å²) in [5.41, 5.74) is 3.26. The smallest absolute Gasteiger partial charge is 0.255 e. The number of nitrogens with zero attached hydrogens (tertiary/aromatic N) is 2. The summed E-state index contributed by atoms with van der Waals surface area (Å²) in [6.07, 6.45) is 1.55. The molecule has 0 unspecified atom stereocenters. The minimum Gasteiger partial charge on any atom is -0.355 e. The Labute approximate surface area is 163 Å². The number of hydrogen-bond acceptors (Lipinski definition) is 3. The van der Waals surface area contributed by atoms with Gasteiger partial charge in [-0.05, 0) is 31.2 Å². The highest BCUT2D eigenvalue weighted by atomic mass is 16.2. The van der Waals surface area contributed by atoms with Crippen molar-refractivity contribution in [3.05, 3.63) is 83.2 Å². The van der Waals surface area contributed by atoms with Crippen LogP contribution in [0.25, 0.3) is 5.69 Å². The number of aromatic nitrogens is 2. The standard InChI is InChI=1S/C22H20N4O2/c1-16-20(15-25-26(16)18-11-4-3-5-12-18)22(28)24-14-8-10-17-9-6-7-13-19(17)21(27)23-2/h3-7,9,11-13,15H,14H2,1-2H3,(H,23,27)(H,24,28). The Morgan fingerprint density at radius 3 is 2.46 bits per heavy atom. The third kappa shape index (κ3) is 4.10. The molecule has 28 heavy (non-hydrogen) atoms. The largest absolute Gasteiger partial charge is 0.355 e.